The Bertz CT molecular complexity index is 633. The smallest absolute Gasteiger partial charge is 0.242 e. The maximum Gasteiger partial charge on any atom is 0.242 e. The fraction of sp³-hybridized carbons (Fsp3) is 0.579. The molecule has 0 unspecified atom stereocenters. The molecule has 2 amide bonds. The Hall–Kier alpha value is -1.50. The molecular weight excluding hydrogens is 387 g/mol. The molecule has 1 aromatic rings. The molecule has 2 N–H and O–H groups in total. The minimum atomic E-state index is -0.00362. The first-order valence-electron chi connectivity index (χ1n) is 9.32. The molecule has 2 atom stereocenters. The third kappa shape index (κ3) is 5.99. The number of benzene rings is 1. The number of nitrogens with zero attached hydrogens (tertiary/aromatic N) is 2. The van der Waals surface area contributed by atoms with Crippen molar-refractivity contribution in [2.45, 2.75) is 25.8 Å². The highest BCUT2D eigenvalue weighted by Gasteiger charge is 2.26. The summed E-state index contributed by atoms with van der Waals surface area (Å²) in [5.74, 6) is 0.0170. The van der Waals surface area contributed by atoms with Crippen LogP contribution in [0.15, 0.2) is 24.3 Å². The topological polar surface area (TPSA) is 64.7 Å². The van der Waals surface area contributed by atoms with Crippen molar-refractivity contribution in [3.63, 3.8) is 0 Å². The van der Waals surface area contributed by atoms with Crippen LogP contribution in [0.3, 0.4) is 0 Å². The zero-order valence-corrected chi connectivity index (χ0v) is 17.2. The van der Waals surface area contributed by atoms with Gasteiger partial charge in [0.05, 0.1) is 6.54 Å². The first kappa shape index (κ1) is 21.8. The van der Waals surface area contributed by atoms with Crippen molar-refractivity contribution < 1.29 is 9.59 Å². The lowest BCUT2D eigenvalue weighted by Gasteiger charge is -2.36. The highest BCUT2D eigenvalue weighted by molar-refractivity contribution is 6.30. The standard InChI is InChI=1S/C19H27ClN4O2.ClH/c1-14-12-15(6-7-21-14)19(26)22-13-18(25)24-10-8-23(9-11-24)17-4-2-16(20)3-5-17;/h2-5,14-15,21H,6-13H2,1H3,(H,22,26);1H/t14-,15-;/m0./s1. The van der Waals surface area contributed by atoms with Gasteiger partial charge in [0.2, 0.25) is 11.8 Å². The molecule has 0 aromatic heterocycles. The highest BCUT2D eigenvalue weighted by Crippen LogP contribution is 2.19. The summed E-state index contributed by atoms with van der Waals surface area (Å²) < 4.78 is 0. The van der Waals surface area contributed by atoms with E-state index in [0.717, 1.165) is 43.2 Å². The average Bonchev–Trinajstić information content (AvgIpc) is 2.66. The Kier molecular flexibility index (Phi) is 8.20. The molecule has 3 rings (SSSR count). The third-order valence-corrected chi connectivity index (χ3v) is 5.48. The molecule has 2 aliphatic rings. The van der Waals surface area contributed by atoms with Crippen LogP contribution in [0.1, 0.15) is 19.8 Å². The lowest BCUT2D eigenvalue weighted by atomic mass is 9.92. The van der Waals surface area contributed by atoms with E-state index in [1.165, 1.54) is 0 Å². The molecule has 2 aliphatic heterocycles. The Balaban J connectivity index is 0.00000261. The SMILES string of the molecule is C[C@H]1C[C@@H](C(=O)NCC(=O)N2CCN(c3ccc(Cl)cc3)CC2)CCN1.Cl. The van der Waals surface area contributed by atoms with Gasteiger partial charge in [0.15, 0.2) is 0 Å². The molecule has 27 heavy (non-hydrogen) atoms. The number of carbonyl (C=O) groups excluding carboxylic acids is 2. The Morgan fingerprint density at radius 3 is 2.48 bits per heavy atom. The van der Waals surface area contributed by atoms with E-state index in [2.05, 4.69) is 22.5 Å². The maximum atomic E-state index is 12.4. The predicted molar refractivity (Wildman–Crippen MR) is 111 cm³/mol. The summed E-state index contributed by atoms with van der Waals surface area (Å²) in [6, 6.07) is 8.12. The van der Waals surface area contributed by atoms with Gasteiger partial charge < -0.3 is 20.4 Å². The normalized spacial score (nSPS) is 22.7. The second-order valence-electron chi connectivity index (χ2n) is 7.14. The fourth-order valence-corrected chi connectivity index (χ4v) is 3.78. The summed E-state index contributed by atoms with van der Waals surface area (Å²) in [7, 11) is 0. The Morgan fingerprint density at radius 1 is 1.19 bits per heavy atom. The summed E-state index contributed by atoms with van der Waals surface area (Å²) in [5.41, 5.74) is 1.12. The molecule has 6 nitrogen and oxygen atoms in total. The minimum absolute atomic E-state index is 0. The van der Waals surface area contributed by atoms with E-state index in [-0.39, 0.29) is 36.7 Å². The van der Waals surface area contributed by atoms with Crippen molar-refractivity contribution in [2.75, 3.05) is 44.2 Å². The van der Waals surface area contributed by atoms with Gasteiger partial charge in [-0.15, -0.1) is 12.4 Å². The van der Waals surface area contributed by atoms with Crippen molar-refractivity contribution in [3.05, 3.63) is 29.3 Å². The molecular formula is C19H28Cl2N4O2. The van der Waals surface area contributed by atoms with Gasteiger partial charge in [-0.3, -0.25) is 9.59 Å². The van der Waals surface area contributed by atoms with E-state index >= 15 is 0 Å². The molecule has 0 aliphatic carbocycles. The van der Waals surface area contributed by atoms with Crippen molar-refractivity contribution in [3.8, 4) is 0 Å². The van der Waals surface area contributed by atoms with Crippen LogP contribution in [0, 0.1) is 5.92 Å². The summed E-state index contributed by atoms with van der Waals surface area (Å²) >= 11 is 5.93. The fourth-order valence-electron chi connectivity index (χ4n) is 3.65. The van der Waals surface area contributed by atoms with E-state index < -0.39 is 0 Å². The van der Waals surface area contributed by atoms with Gasteiger partial charge in [0.25, 0.3) is 0 Å². The second-order valence-corrected chi connectivity index (χ2v) is 7.57. The number of amides is 2. The number of hydrogen-bond acceptors (Lipinski definition) is 4. The zero-order valence-electron chi connectivity index (χ0n) is 15.6. The number of anilines is 1. The van der Waals surface area contributed by atoms with E-state index in [9.17, 15) is 9.59 Å². The second kappa shape index (κ2) is 10.2. The molecule has 1 aromatic carbocycles. The van der Waals surface area contributed by atoms with Gasteiger partial charge in [-0.1, -0.05) is 11.6 Å². The number of carbonyl (C=O) groups is 2. The first-order chi connectivity index (χ1) is 12.5. The minimum Gasteiger partial charge on any atom is -0.368 e. The number of nitrogens with one attached hydrogen (secondary N) is 2. The summed E-state index contributed by atoms with van der Waals surface area (Å²) in [4.78, 5) is 28.7. The third-order valence-electron chi connectivity index (χ3n) is 5.23. The largest absolute Gasteiger partial charge is 0.368 e. The molecule has 0 radical (unpaired) electrons. The molecule has 0 saturated carbocycles. The Morgan fingerprint density at radius 2 is 1.85 bits per heavy atom. The molecule has 8 heteroatoms. The molecule has 2 heterocycles. The van der Waals surface area contributed by atoms with Gasteiger partial charge >= 0.3 is 0 Å². The van der Waals surface area contributed by atoms with E-state index in [1.807, 2.05) is 29.2 Å². The van der Waals surface area contributed by atoms with Crippen LogP contribution in [0.5, 0.6) is 0 Å². The van der Waals surface area contributed by atoms with E-state index in [1.54, 1.807) is 0 Å². The molecule has 150 valence electrons. The summed E-state index contributed by atoms with van der Waals surface area (Å²) in [5, 5.41) is 6.89. The molecule has 2 saturated heterocycles. The maximum absolute atomic E-state index is 12.4. The number of halogens is 2. The van der Waals surface area contributed by atoms with Crippen molar-refractivity contribution in [2.24, 2.45) is 5.92 Å². The van der Waals surface area contributed by atoms with Crippen LogP contribution < -0.4 is 15.5 Å². The van der Waals surface area contributed by atoms with Crippen LogP contribution in [0.25, 0.3) is 0 Å². The lowest BCUT2D eigenvalue weighted by molar-refractivity contribution is -0.134. The molecule has 2 fully saturated rings. The van der Waals surface area contributed by atoms with Gasteiger partial charge in [-0.2, -0.15) is 0 Å². The Labute approximate surface area is 172 Å². The summed E-state index contributed by atoms with van der Waals surface area (Å²) in [6.07, 6.45) is 1.67. The lowest BCUT2D eigenvalue weighted by Crippen LogP contribution is -2.52. The molecule has 0 bridgehead atoms. The molecule has 0 spiro atoms. The predicted octanol–water partition coefficient (Wildman–Crippen LogP) is 1.91. The van der Waals surface area contributed by atoms with E-state index in [4.69, 9.17) is 11.6 Å². The number of rotatable bonds is 4. The number of piperidine rings is 1. The van der Waals surface area contributed by atoms with Crippen LogP contribution in [0.2, 0.25) is 5.02 Å². The van der Waals surface area contributed by atoms with Gasteiger partial charge in [-0.05, 0) is 50.6 Å². The number of piperazine rings is 1. The van der Waals surface area contributed by atoms with Crippen molar-refractivity contribution in [1.82, 2.24) is 15.5 Å². The van der Waals surface area contributed by atoms with Gasteiger partial charge in [0.1, 0.15) is 0 Å². The van der Waals surface area contributed by atoms with Crippen molar-refractivity contribution >= 4 is 41.5 Å². The summed E-state index contributed by atoms with van der Waals surface area (Å²) in [6.45, 7) is 5.95. The van der Waals surface area contributed by atoms with Crippen LogP contribution in [-0.4, -0.2) is 62.0 Å². The zero-order chi connectivity index (χ0) is 18.5. The quantitative estimate of drug-likeness (QED) is 0.789. The van der Waals surface area contributed by atoms with Gasteiger partial charge in [-0.25, -0.2) is 0 Å². The van der Waals surface area contributed by atoms with Crippen LogP contribution in [-0.2, 0) is 9.59 Å². The van der Waals surface area contributed by atoms with Crippen molar-refractivity contribution in [1.29, 1.82) is 0 Å². The average molecular weight is 415 g/mol. The number of hydrogen-bond donors (Lipinski definition) is 2. The monoisotopic (exact) mass is 414 g/mol. The van der Waals surface area contributed by atoms with E-state index in [0.29, 0.717) is 19.1 Å². The van der Waals surface area contributed by atoms with Gasteiger partial charge in [0, 0.05) is 48.8 Å². The van der Waals surface area contributed by atoms with Crippen LogP contribution in [0.4, 0.5) is 5.69 Å². The highest BCUT2D eigenvalue weighted by atomic mass is 35.5. The first-order valence-corrected chi connectivity index (χ1v) is 9.70. The van der Waals surface area contributed by atoms with Crippen LogP contribution >= 0.6 is 24.0 Å².